The molecule has 1 saturated heterocycles. The third-order valence-electron chi connectivity index (χ3n) is 3.26. The molecule has 0 bridgehead atoms. The predicted molar refractivity (Wildman–Crippen MR) is 76.0 cm³/mol. The second-order valence-electron chi connectivity index (χ2n) is 4.56. The third-order valence-corrected chi connectivity index (χ3v) is 4.08. The fourth-order valence-corrected chi connectivity index (χ4v) is 2.89. The molecule has 0 spiro atoms. The Morgan fingerprint density at radius 1 is 1.33 bits per heavy atom. The molecule has 3 rings (SSSR count). The van der Waals surface area contributed by atoms with E-state index in [-0.39, 0.29) is 6.10 Å². The summed E-state index contributed by atoms with van der Waals surface area (Å²) in [5, 5.41) is 5.63. The van der Waals surface area contributed by atoms with E-state index in [1.54, 1.807) is 6.20 Å². The van der Waals surface area contributed by atoms with Crippen LogP contribution in [-0.2, 0) is 0 Å². The van der Waals surface area contributed by atoms with Crippen LogP contribution in [0.1, 0.15) is 12.8 Å². The van der Waals surface area contributed by atoms with Gasteiger partial charge < -0.3 is 10.1 Å². The Bertz CT molecular complexity index is 552. The largest absolute Gasteiger partial charge is 0.488 e. The quantitative estimate of drug-likeness (QED) is 0.925. The van der Waals surface area contributed by atoms with E-state index < -0.39 is 0 Å². The van der Waals surface area contributed by atoms with Gasteiger partial charge in [0.15, 0.2) is 0 Å². The number of hydrogen-bond donors (Lipinski definition) is 1. The Morgan fingerprint density at radius 3 is 3.11 bits per heavy atom. The van der Waals surface area contributed by atoms with Gasteiger partial charge in [0.2, 0.25) is 0 Å². The number of nitrogens with zero attached hydrogens (tertiary/aromatic N) is 1. The van der Waals surface area contributed by atoms with E-state index >= 15 is 0 Å². The summed E-state index contributed by atoms with van der Waals surface area (Å²) in [5.41, 5.74) is 0. The zero-order valence-corrected chi connectivity index (χ0v) is 11.6. The van der Waals surface area contributed by atoms with E-state index in [1.165, 1.54) is 6.42 Å². The molecule has 0 amide bonds. The number of nitrogens with one attached hydrogen (secondary N) is 1. The van der Waals surface area contributed by atoms with Crippen LogP contribution in [-0.4, -0.2) is 24.2 Å². The van der Waals surface area contributed by atoms with E-state index in [4.69, 9.17) is 4.74 Å². The van der Waals surface area contributed by atoms with E-state index in [0.29, 0.717) is 0 Å². The van der Waals surface area contributed by atoms with Crippen molar-refractivity contribution in [2.45, 2.75) is 18.9 Å². The molecule has 0 aliphatic carbocycles. The van der Waals surface area contributed by atoms with Crippen molar-refractivity contribution in [2.24, 2.45) is 0 Å². The highest BCUT2D eigenvalue weighted by atomic mass is 79.9. The molecular weight excluding hydrogens is 292 g/mol. The van der Waals surface area contributed by atoms with Crippen molar-refractivity contribution in [1.82, 2.24) is 10.3 Å². The van der Waals surface area contributed by atoms with Gasteiger partial charge in [0.25, 0.3) is 0 Å². The number of rotatable bonds is 2. The fraction of sp³-hybridized carbons (Fsp3) is 0.357. The zero-order valence-electron chi connectivity index (χ0n) is 10.0. The summed E-state index contributed by atoms with van der Waals surface area (Å²) in [6, 6.07) is 6.08. The van der Waals surface area contributed by atoms with Gasteiger partial charge in [0, 0.05) is 29.7 Å². The number of halogens is 1. The molecule has 4 heteroatoms. The normalized spacial score (nSPS) is 19.9. The van der Waals surface area contributed by atoms with Gasteiger partial charge in [-0.3, -0.25) is 4.98 Å². The van der Waals surface area contributed by atoms with Crippen LogP contribution in [0.15, 0.2) is 35.1 Å². The number of piperidine rings is 1. The van der Waals surface area contributed by atoms with Crippen LogP contribution in [0.3, 0.4) is 0 Å². The van der Waals surface area contributed by atoms with Gasteiger partial charge in [-0.15, -0.1) is 0 Å². The first kappa shape index (κ1) is 11.9. The first-order valence-corrected chi connectivity index (χ1v) is 7.03. The zero-order chi connectivity index (χ0) is 12.4. The Balaban J connectivity index is 1.89. The van der Waals surface area contributed by atoms with Crippen LogP contribution in [0.25, 0.3) is 10.8 Å². The minimum Gasteiger partial charge on any atom is -0.488 e. The molecule has 1 aromatic heterocycles. The van der Waals surface area contributed by atoms with Crippen LogP contribution in [0.4, 0.5) is 0 Å². The molecule has 18 heavy (non-hydrogen) atoms. The lowest BCUT2D eigenvalue weighted by Crippen LogP contribution is -2.37. The topological polar surface area (TPSA) is 34.1 Å². The summed E-state index contributed by atoms with van der Waals surface area (Å²) in [7, 11) is 0. The summed E-state index contributed by atoms with van der Waals surface area (Å²) in [6.07, 6.45) is 6.24. The number of hydrogen-bond acceptors (Lipinski definition) is 3. The second kappa shape index (κ2) is 5.24. The molecule has 1 aliphatic rings. The van der Waals surface area contributed by atoms with Gasteiger partial charge in [-0.1, -0.05) is 0 Å². The lowest BCUT2D eigenvalue weighted by molar-refractivity contribution is 0.166. The molecule has 2 aromatic rings. The van der Waals surface area contributed by atoms with Crippen molar-refractivity contribution in [3.05, 3.63) is 35.1 Å². The van der Waals surface area contributed by atoms with Gasteiger partial charge in [0.1, 0.15) is 11.9 Å². The SMILES string of the molecule is Brc1c(OC2CCCNC2)ccc2cnccc12. The van der Waals surface area contributed by atoms with Crippen LogP contribution < -0.4 is 10.1 Å². The Hall–Kier alpha value is -1.13. The van der Waals surface area contributed by atoms with E-state index in [0.717, 1.165) is 40.5 Å². The monoisotopic (exact) mass is 306 g/mol. The van der Waals surface area contributed by atoms with Crippen molar-refractivity contribution >= 4 is 26.7 Å². The van der Waals surface area contributed by atoms with Crippen molar-refractivity contribution in [1.29, 1.82) is 0 Å². The maximum absolute atomic E-state index is 6.06. The maximum Gasteiger partial charge on any atom is 0.134 e. The molecule has 1 aromatic carbocycles. The van der Waals surface area contributed by atoms with Crippen LogP contribution >= 0.6 is 15.9 Å². The minimum atomic E-state index is 0.273. The molecule has 0 radical (unpaired) electrons. The Kier molecular flexibility index (Phi) is 3.48. The Labute approximate surface area is 115 Å². The standard InChI is InChI=1S/C14H15BrN2O/c15-14-12-5-7-17-8-10(12)3-4-13(14)18-11-2-1-6-16-9-11/h3-5,7-8,11,16H,1-2,6,9H2. The number of benzene rings is 1. The highest BCUT2D eigenvalue weighted by Crippen LogP contribution is 2.33. The number of aromatic nitrogens is 1. The molecule has 1 fully saturated rings. The lowest BCUT2D eigenvalue weighted by Gasteiger charge is -2.24. The molecule has 1 unspecified atom stereocenters. The molecule has 3 nitrogen and oxygen atoms in total. The molecule has 1 aliphatic heterocycles. The lowest BCUT2D eigenvalue weighted by atomic mass is 10.1. The van der Waals surface area contributed by atoms with Gasteiger partial charge in [0.05, 0.1) is 4.47 Å². The van der Waals surface area contributed by atoms with E-state index in [2.05, 4.69) is 32.3 Å². The molecule has 1 N–H and O–H groups in total. The van der Waals surface area contributed by atoms with Crippen LogP contribution in [0.5, 0.6) is 5.75 Å². The number of pyridine rings is 1. The van der Waals surface area contributed by atoms with Gasteiger partial charge >= 0.3 is 0 Å². The average Bonchev–Trinajstić information content (AvgIpc) is 2.43. The first-order chi connectivity index (χ1) is 8.84. The smallest absolute Gasteiger partial charge is 0.134 e. The summed E-state index contributed by atoms with van der Waals surface area (Å²) >= 11 is 3.64. The molecule has 1 atom stereocenters. The third kappa shape index (κ3) is 2.35. The van der Waals surface area contributed by atoms with Crippen molar-refractivity contribution in [2.75, 3.05) is 13.1 Å². The Morgan fingerprint density at radius 2 is 2.28 bits per heavy atom. The molecule has 2 heterocycles. The average molecular weight is 307 g/mol. The van der Waals surface area contributed by atoms with Crippen LogP contribution in [0, 0.1) is 0 Å². The van der Waals surface area contributed by atoms with E-state index in [1.807, 2.05) is 18.3 Å². The fourth-order valence-electron chi connectivity index (χ4n) is 2.30. The van der Waals surface area contributed by atoms with Crippen LogP contribution in [0.2, 0.25) is 0 Å². The molecule has 94 valence electrons. The predicted octanol–water partition coefficient (Wildman–Crippen LogP) is 3.13. The van der Waals surface area contributed by atoms with Crippen molar-refractivity contribution in [3.8, 4) is 5.75 Å². The first-order valence-electron chi connectivity index (χ1n) is 6.24. The summed E-state index contributed by atoms with van der Waals surface area (Å²) in [4.78, 5) is 4.13. The summed E-state index contributed by atoms with van der Waals surface area (Å²) < 4.78 is 7.09. The minimum absolute atomic E-state index is 0.273. The number of ether oxygens (including phenoxy) is 1. The maximum atomic E-state index is 6.06. The van der Waals surface area contributed by atoms with Gasteiger partial charge in [-0.25, -0.2) is 0 Å². The highest BCUT2D eigenvalue weighted by molar-refractivity contribution is 9.10. The van der Waals surface area contributed by atoms with Crippen molar-refractivity contribution < 1.29 is 4.74 Å². The summed E-state index contributed by atoms with van der Waals surface area (Å²) in [6.45, 7) is 2.03. The molecular formula is C14H15BrN2O. The number of fused-ring (bicyclic) bond motifs is 1. The van der Waals surface area contributed by atoms with Crippen molar-refractivity contribution in [3.63, 3.8) is 0 Å². The summed E-state index contributed by atoms with van der Waals surface area (Å²) in [5.74, 6) is 0.919. The second-order valence-corrected chi connectivity index (χ2v) is 5.35. The highest BCUT2D eigenvalue weighted by Gasteiger charge is 2.16. The molecule has 0 saturated carbocycles. The van der Waals surface area contributed by atoms with Gasteiger partial charge in [-0.05, 0) is 53.5 Å². The van der Waals surface area contributed by atoms with E-state index in [9.17, 15) is 0 Å². The van der Waals surface area contributed by atoms with Gasteiger partial charge in [-0.2, -0.15) is 0 Å².